The van der Waals surface area contributed by atoms with E-state index in [1.165, 1.54) is 33.4 Å². The van der Waals surface area contributed by atoms with Gasteiger partial charge in [-0.05, 0) is 62.6 Å². The molecule has 0 aliphatic rings. The van der Waals surface area contributed by atoms with Gasteiger partial charge in [0.2, 0.25) is 0 Å². The molecule has 0 heteroatoms. The van der Waals surface area contributed by atoms with Gasteiger partial charge in [0.1, 0.15) is 0 Å². The summed E-state index contributed by atoms with van der Waals surface area (Å²) in [5.41, 5.74) is 7.57. The van der Waals surface area contributed by atoms with Crippen molar-refractivity contribution in [3.05, 3.63) is 113 Å². The Kier molecular flexibility index (Phi) is 6.67. The van der Waals surface area contributed by atoms with Crippen LogP contribution in [0, 0.1) is 5.92 Å². The summed E-state index contributed by atoms with van der Waals surface area (Å²) in [5, 5.41) is 2.18. The predicted octanol–water partition coefficient (Wildman–Crippen LogP) is 6.16. The Morgan fingerprint density at radius 3 is 2.24 bits per heavy atom. The van der Waals surface area contributed by atoms with Crippen LogP contribution in [-0.2, 0) is 12.8 Å². The van der Waals surface area contributed by atoms with Crippen molar-refractivity contribution in [2.75, 3.05) is 0 Å². The second kappa shape index (κ2) is 9.39. The summed E-state index contributed by atoms with van der Waals surface area (Å²) in [6, 6.07) is 21.9. The van der Waals surface area contributed by atoms with Crippen LogP contribution < -0.4 is 10.4 Å². The molecule has 0 aliphatic carbocycles. The zero-order chi connectivity index (χ0) is 20.8. The van der Waals surface area contributed by atoms with Crippen molar-refractivity contribution in [2.24, 2.45) is 5.92 Å². The third kappa shape index (κ3) is 5.03. The Morgan fingerprint density at radius 1 is 0.862 bits per heavy atom. The van der Waals surface area contributed by atoms with Crippen molar-refractivity contribution in [2.45, 2.75) is 26.7 Å². The van der Waals surface area contributed by atoms with Crippen LogP contribution in [0.4, 0.5) is 0 Å². The molecular weight excluding hydrogens is 348 g/mol. The Labute approximate surface area is 175 Å². The Balaban J connectivity index is 2.00. The quantitative estimate of drug-likeness (QED) is 0.462. The average molecular weight is 379 g/mol. The van der Waals surface area contributed by atoms with Gasteiger partial charge in [0.25, 0.3) is 0 Å². The molecule has 0 heterocycles. The maximum atomic E-state index is 4.18. The molecule has 0 atom stereocenters. The lowest BCUT2D eigenvalue weighted by Crippen LogP contribution is -2.27. The smallest absolute Gasteiger partial charge is 0.00135 e. The minimum Gasteiger partial charge on any atom is -0.0990 e. The predicted molar refractivity (Wildman–Crippen MR) is 129 cm³/mol. The zero-order valence-electron chi connectivity index (χ0n) is 17.6. The third-order valence-corrected chi connectivity index (χ3v) is 5.25. The molecule has 146 valence electrons. The van der Waals surface area contributed by atoms with E-state index in [-0.39, 0.29) is 0 Å². The van der Waals surface area contributed by atoms with Gasteiger partial charge in [-0.3, -0.25) is 0 Å². The number of hydrogen-bond acceptors (Lipinski definition) is 0. The van der Waals surface area contributed by atoms with E-state index in [4.69, 9.17) is 0 Å². The summed E-state index contributed by atoms with van der Waals surface area (Å²) in [6.45, 7) is 16.6. The van der Waals surface area contributed by atoms with Crippen LogP contribution in [0.1, 0.15) is 36.1 Å². The average Bonchev–Trinajstić information content (AvgIpc) is 2.71. The van der Waals surface area contributed by atoms with Crippen LogP contribution in [0.15, 0.2) is 79.9 Å². The topological polar surface area (TPSA) is 0 Å². The first-order valence-corrected chi connectivity index (χ1v) is 10.3. The van der Waals surface area contributed by atoms with Crippen LogP contribution >= 0.6 is 0 Å². The molecule has 0 aliphatic heterocycles. The van der Waals surface area contributed by atoms with Gasteiger partial charge < -0.3 is 0 Å². The van der Waals surface area contributed by atoms with E-state index in [1.807, 2.05) is 24.3 Å². The number of rotatable bonds is 7. The van der Waals surface area contributed by atoms with E-state index in [9.17, 15) is 0 Å². The molecule has 0 N–H and O–H groups in total. The molecular formula is C29H30. The Bertz CT molecular complexity index is 1110. The molecule has 3 rings (SSSR count). The van der Waals surface area contributed by atoms with E-state index >= 15 is 0 Å². The molecule has 0 saturated carbocycles. The number of benzene rings is 3. The minimum absolute atomic E-state index is 0.671. The molecule has 0 nitrogen and oxygen atoms in total. The summed E-state index contributed by atoms with van der Waals surface area (Å²) in [5.74, 6) is 0.671. The fourth-order valence-corrected chi connectivity index (χ4v) is 3.80. The van der Waals surface area contributed by atoms with Gasteiger partial charge in [-0.2, -0.15) is 0 Å². The van der Waals surface area contributed by atoms with Gasteiger partial charge in [0.05, 0.1) is 0 Å². The second-order valence-corrected chi connectivity index (χ2v) is 7.98. The summed E-state index contributed by atoms with van der Waals surface area (Å²) in [7, 11) is 0. The fourth-order valence-electron chi connectivity index (χ4n) is 3.80. The summed E-state index contributed by atoms with van der Waals surface area (Å²) >= 11 is 0. The van der Waals surface area contributed by atoms with Gasteiger partial charge in [0, 0.05) is 0 Å². The van der Waals surface area contributed by atoms with E-state index in [2.05, 4.69) is 88.2 Å². The minimum atomic E-state index is 0.671. The van der Waals surface area contributed by atoms with Crippen molar-refractivity contribution < 1.29 is 0 Å². The fraction of sp³-hybridized carbons (Fsp3) is 0.172. The van der Waals surface area contributed by atoms with Gasteiger partial charge in [-0.25, -0.2) is 0 Å². The lowest BCUT2D eigenvalue weighted by atomic mass is 9.93. The molecule has 29 heavy (non-hydrogen) atoms. The van der Waals surface area contributed by atoms with E-state index < -0.39 is 0 Å². The van der Waals surface area contributed by atoms with Crippen molar-refractivity contribution >= 4 is 18.7 Å². The normalized spacial score (nSPS) is 11.6. The maximum absolute atomic E-state index is 4.18. The largest absolute Gasteiger partial charge is 0.0990 e. The third-order valence-electron chi connectivity index (χ3n) is 5.25. The molecule has 0 saturated heterocycles. The van der Waals surface area contributed by atoms with Gasteiger partial charge in [0.15, 0.2) is 0 Å². The summed E-state index contributed by atoms with van der Waals surface area (Å²) < 4.78 is 0. The highest BCUT2D eigenvalue weighted by Gasteiger charge is 2.07. The van der Waals surface area contributed by atoms with Crippen molar-refractivity contribution in [1.29, 1.82) is 0 Å². The molecule has 3 aromatic rings. The highest BCUT2D eigenvalue weighted by molar-refractivity contribution is 5.68. The lowest BCUT2D eigenvalue weighted by Gasteiger charge is -2.12. The first-order chi connectivity index (χ1) is 14.0. The van der Waals surface area contributed by atoms with Crippen molar-refractivity contribution in [3.63, 3.8) is 0 Å². The van der Waals surface area contributed by atoms with Crippen LogP contribution in [0.3, 0.4) is 0 Å². The van der Waals surface area contributed by atoms with Gasteiger partial charge in [-0.15, -0.1) is 0 Å². The molecule has 0 unspecified atom stereocenters. The Morgan fingerprint density at radius 2 is 1.59 bits per heavy atom. The summed E-state index contributed by atoms with van der Waals surface area (Å²) in [6.07, 6.45) is 7.77. The van der Waals surface area contributed by atoms with Crippen LogP contribution in [0.25, 0.3) is 29.9 Å². The first kappa shape index (κ1) is 20.6. The standard InChI is InChI=1S/C29H30/c1-6-9-29-22(5)10-8-11-27(29)20-28-19-26(17-16-24(28)7-2)25-14-12-23(13-15-25)18-21(3)4/h6-17,19,21H,1-2,5,18,20H2,3-4H3/b29-9+. The van der Waals surface area contributed by atoms with Gasteiger partial charge in [-0.1, -0.05) is 112 Å². The Hall–Kier alpha value is -3.12. The lowest BCUT2D eigenvalue weighted by molar-refractivity contribution is 0.647. The van der Waals surface area contributed by atoms with E-state index in [0.717, 1.165) is 23.3 Å². The SMILES string of the molecule is C=C/C=c1/c(Cc2cc(-c3ccc(CC(C)C)cc3)ccc2C=C)cccc1=C. The molecule has 0 fully saturated rings. The van der Waals surface area contributed by atoms with Crippen LogP contribution in [-0.4, -0.2) is 0 Å². The molecule has 3 aromatic carbocycles. The van der Waals surface area contributed by atoms with Crippen molar-refractivity contribution in [3.8, 4) is 11.1 Å². The molecule has 0 spiro atoms. The second-order valence-electron chi connectivity index (χ2n) is 7.98. The number of hydrogen-bond donors (Lipinski definition) is 0. The van der Waals surface area contributed by atoms with Crippen molar-refractivity contribution in [1.82, 2.24) is 0 Å². The van der Waals surface area contributed by atoms with E-state index in [0.29, 0.717) is 5.92 Å². The molecule has 0 aromatic heterocycles. The van der Waals surface area contributed by atoms with E-state index in [1.54, 1.807) is 0 Å². The highest BCUT2D eigenvalue weighted by atomic mass is 14.1. The number of allylic oxidation sites excluding steroid dienone is 1. The zero-order valence-corrected chi connectivity index (χ0v) is 17.6. The van der Waals surface area contributed by atoms with Crippen LogP contribution in [0.5, 0.6) is 0 Å². The molecule has 0 radical (unpaired) electrons. The summed E-state index contributed by atoms with van der Waals surface area (Å²) in [4.78, 5) is 0. The van der Waals surface area contributed by atoms with Gasteiger partial charge >= 0.3 is 0 Å². The highest BCUT2D eigenvalue weighted by Crippen LogP contribution is 2.25. The molecule has 0 bridgehead atoms. The maximum Gasteiger partial charge on any atom is -0.00135 e. The monoisotopic (exact) mass is 378 g/mol. The molecule has 0 amide bonds. The van der Waals surface area contributed by atoms with Crippen LogP contribution in [0.2, 0.25) is 0 Å². The first-order valence-electron chi connectivity index (χ1n) is 10.3.